The standard InChI is InChI=1S/C17H24O6.2C17H26O5.C15H22O4/c1-3-9(2)16(19)21-8-14(18)23-15-11-4-10-5-12(7-11)17(20)22-13(15)6-10;1-4-17(2,3)16(19)21-9-20-14-11-5-10-6-12(8-11)15(18)22-13(14)7-10;1-3-10(2)16(18)21-5-4-20-15-12-6-11-7-13(9-12)17(19)22-14(15)8-11;1-3-8(2)14(16)19-13-10-4-9-5-11(7-10)15(17)18-12(13)6-9/h9-13,15H,3-8H2,1-2H3;10-14H,4-9H2,1-3H3;10-15H,3-9H2,1-2H3;8-13H,3-7H2,1-2H3. The van der Waals surface area contributed by atoms with Gasteiger partial charge in [0, 0.05) is 11.8 Å². The van der Waals surface area contributed by atoms with Crippen LogP contribution >= 0.6 is 0 Å². The Bertz CT molecular complexity index is 2440. The largest absolute Gasteiger partial charge is 0.463 e. The van der Waals surface area contributed by atoms with Crippen LogP contribution in [0.4, 0.5) is 0 Å². The minimum atomic E-state index is -0.560. The van der Waals surface area contributed by atoms with E-state index in [1.807, 2.05) is 55.4 Å². The second-order valence-electron chi connectivity index (χ2n) is 28.3. The SMILES string of the molecule is CCC(C)(C)C(=O)OCOC1C2CC3CC(C2)C(=O)OC1C3.CCC(C)C(=O)OC1C2CC3CC(C2)C(=O)OC1C3.CCC(C)C(=O)OCC(=O)OC1C2CC3CC(C2)C(=O)OC1C3.CCC(C)C(=O)OCCOC1C2CC3CC(C2)C(=O)OC1C3. The van der Waals surface area contributed by atoms with Gasteiger partial charge in [0.25, 0.3) is 0 Å². The van der Waals surface area contributed by atoms with Crippen molar-refractivity contribution >= 4 is 53.7 Å². The Hall–Kier alpha value is -4.85. The van der Waals surface area contributed by atoms with E-state index in [2.05, 4.69) is 0 Å². The van der Waals surface area contributed by atoms with Crippen LogP contribution in [0.1, 0.15) is 191 Å². The molecule has 23 atom stereocenters. The van der Waals surface area contributed by atoms with Gasteiger partial charge in [-0.15, -0.1) is 0 Å². The summed E-state index contributed by atoms with van der Waals surface area (Å²) in [7, 11) is 0. The Balaban J connectivity index is 0.000000137. The quantitative estimate of drug-likeness (QED) is 0.0505. The van der Waals surface area contributed by atoms with E-state index in [0.717, 1.165) is 122 Å². The number of ether oxygens (including phenoxy) is 11. The fourth-order valence-corrected chi connectivity index (χ4v) is 16.1. The summed E-state index contributed by atoms with van der Waals surface area (Å²) in [6, 6.07) is 0. The van der Waals surface area contributed by atoms with Crippen LogP contribution in [0.25, 0.3) is 0 Å². The summed E-state index contributed by atoms with van der Waals surface area (Å²) in [5.74, 6) is 1.47. The fourth-order valence-electron chi connectivity index (χ4n) is 16.1. The average Bonchev–Trinajstić information content (AvgIpc) is 3.56. The van der Waals surface area contributed by atoms with E-state index in [-0.39, 0.29) is 152 Å². The molecule has 482 valence electrons. The fraction of sp³-hybridized carbons (Fsp3) is 0.864. The average molecular weight is 1210 g/mol. The molecule has 8 aliphatic carbocycles. The third-order valence-electron chi connectivity index (χ3n) is 21.8. The number of hydrogen-bond acceptors (Lipinski definition) is 20. The van der Waals surface area contributed by atoms with Gasteiger partial charge >= 0.3 is 53.7 Å². The van der Waals surface area contributed by atoms with Gasteiger partial charge in [-0.1, -0.05) is 48.5 Å². The van der Waals surface area contributed by atoms with Crippen LogP contribution in [0.2, 0.25) is 0 Å². The molecule has 16 bridgehead atoms. The molecule has 0 spiro atoms. The number of carbonyl (C=O) groups excluding carboxylic acids is 9. The Morgan fingerprint density at radius 3 is 1.20 bits per heavy atom. The molecule has 23 unspecified atom stereocenters. The highest BCUT2D eigenvalue weighted by Gasteiger charge is 2.55. The molecule has 8 heterocycles. The topological polar surface area (TPSA) is 255 Å². The lowest BCUT2D eigenvalue weighted by molar-refractivity contribution is -0.190. The number of rotatable bonds is 19. The van der Waals surface area contributed by atoms with Crippen LogP contribution in [0.5, 0.6) is 0 Å². The van der Waals surface area contributed by atoms with Crippen molar-refractivity contribution in [3.05, 3.63) is 0 Å². The smallest absolute Gasteiger partial charge is 0.344 e. The van der Waals surface area contributed by atoms with Gasteiger partial charge in [0.15, 0.2) is 13.4 Å². The van der Waals surface area contributed by atoms with E-state index in [9.17, 15) is 43.2 Å². The van der Waals surface area contributed by atoms with Crippen molar-refractivity contribution in [2.75, 3.05) is 26.6 Å². The van der Waals surface area contributed by atoms with E-state index in [0.29, 0.717) is 54.5 Å². The Morgan fingerprint density at radius 2 is 0.791 bits per heavy atom. The number of esters is 9. The molecule has 20 heteroatoms. The first-order chi connectivity index (χ1) is 41.0. The highest BCUT2D eigenvalue weighted by Crippen LogP contribution is 2.52. The molecule has 16 rings (SSSR count). The first-order valence-electron chi connectivity index (χ1n) is 33.0. The van der Waals surface area contributed by atoms with Crippen molar-refractivity contribution in [1.29, 1.82) is 0 Å². The number of fused-ring (bicyclic) bond motifs is 4. The first kappa shape index (κ1) is 65.6. The minimum absolute atomic E-state index is 0.0206. The Labute approximate surface area is 507 Å². The van der Waals surface area contributed by atoms with Gasteiger partial charge in [-0.25, -0.2) is 4.79 Å². The summed E-state index contributed by atoms with van der Waals surface area (Å²) in [5.41, 5.74) is -0.489. The van der Waals surface area contributed by atoms with Crippen LogP contribution in [-0.4, -0.2) is 129 Å². The van der Waals surface area contributed by atoms with Crippen LogP contribution in [0.3, 0.4) is 0 Å². The molecule has 86 heavy (non-hydrogen) atoms. The van der Waals surface area contributed by atoms with Crippen molar-refractivity contribution < 1.29 is 95.3 Å². The van der Waals surface area contributed by atoms with Crippen molar-refractivity contribution in [2.45, 2.75) is 240 Å². The normalized spacial score (nSPS) is 37.9. The molecule has 0 amide bonds. The Kier molecular flexibility index (Phi) is 21.9. The highest BCUT2D eigenvalue weighted by molar-refractivity contribution is 5.79. The number of hydrogen-bond donors (Lipinski definition) is 0. The maximum Gasteiger partial charge on any atom is 0.344 e. The van der Waals surface area contributed by atoms with Gasteiger partial charge < -0.3 is 52.1 Å². The molecular weight excluding hydrogens is 1110 g/mol. The lowest BCUT2D eigenvalue weighted by Gasteiger charge is -2.41. The summed E-state index contributed by atoms with van der Waals surface area (Å²) < 4.78 is 60.7. The maximum atomic E-state index is 12.0. The Morgan fingerprint density at radius 1 is 0.430 bits per heavy atom. The van der Waals surface area contributed by atoms with Gasteiger partial charge in [0.05, 0.1) is 59.6 Å². The minimum Gasteiger partial charge on any atom is -0.463 e. The van der Waals surface area contributed by atoms with Crippen LogP contribution in [0, 0.1) is 94.2 Å². The van der Waals surface area contributed by atoms with Crippen LogP contribution in [0.15, 0.2) is 0 Å². The second kappa shape index (κ2) is 28.8. The summed E-state index contributed by atoms with van der Waals surface area (Å²) in [6.45, 7) is 17.3. The molecule has 0 aromatic rings. The zero-order valence-corrected chi connectivity index (χ0v) is 52.4. The van der Waals surface area contributed by atoms with Crippen molar-refractivity contribution in [3.8, 4) is 0 Å². The monoisotopic (exact) mass is 1210 g/mol. The summed E-state index contributed by atoms with van der Waals surface area (Å²) in [5, 5.41) is 0. The summed E-state index contributed by atoms with van der Waals surface area (Å²) >= 11 is 0. The van der Waals surface area contributed by atoms with E-state index in [4.69, 9.17) is 52.1 Å². The van der Waals surface area contributed by atoms with Crippen molar-refractivity contribution in [1.82, 2.24) is 0 Å². The predicted molar refractivity (Wildman–Crippen MR) is 305 cm³/mol. The lowest BCUT2D eigenvalue weighted by Crippen LogP contribution is -2.45. The molecule has 0 aromatic heterocycles. The highest BCUT2D eigenvalue weighted by atomic mass is 16.7. The van der Waals surface area contributed by atoms with Crippen LogP contribution < -0.4 is 0 Å². The third-order valence-corrected chi connectivity index (χ3v) is 21.8. The van der Waals surface area contributed by atoms with Crippen molar-refractivity contribution in [3.63, 3.8) is 0 Å². The molecular formula is C66H98O20. The molecule has 16 fully saturated rings. The molecule has 16 aliphatic rings. The lowest BCUT2D eigenvalue weighted by atomic mass is 9.67. The molecule has 0 N–H and O–H groups in total. The molecule has 0 radical (unpaired) electrons. The van der Waals surface area contributed by atoms with Gasteiger partial charge in [0.1, 0.15) is 49.3 Å². The van der Waals surface area contributed by atoms with E-state index in [1.165, 1.54) is 0 Å². The zero-order valence-electron chi connectivity index (χ0n) is 52.4. The first-order valence-corrected chi connectivity index (χ1v) is 33.0. The van der Waals surface area contributed by atoms with E-state index < -0.39 is 23.5 Å². The second-order valence-corrected chi connectivity index (χ2v) is 28.3. The van der Waals surface area contributed by atoms with Gasteiger partial charge in [-0.2, -0.15) is 0 Å². The molecule has 8 saturated heterocycles. The van der Waals surface area contributed by atoms with E-state index in [1.54, 1.807) is 6.92 Å². The number of carbonyl (C=O) groups is 9. The van der Waals surface area contributed by atoms with Gasteiger partial charge in [0.2, 0.25) is 0 Å². The maximum absolute atomic E-state index is 12.0. The molecule has 8 saturated carbocycles. The zero-order chi connectivity index (χ0) is 61.7. The molecule has 20 nitrogen and oxygen atoms in total. The summed E-state index contributed by atoms with van der Waals surface area (Å²) in [6.07, 6.45) is 16.3. The summed E-state index contributed by atoms with van der Waals surface area (Å²) in [4.78, 5) is 107. The third kappa shape index (κ3) is 15.6. The molecule has 0 aromatic carbocycles. The van der Waals surface area contributed by atoms with Gasteiger partial charge in [-0.3, -0.25) is 38.4 Å². The van der Waals surface area contributed by atoms with E-state index >= 15 is 0 Å². The van der Waals surface area contributed by atoms with Gasteiger partial charge in [-0.05, 0) is 178 Å². The molecule has 8 aliphatic heterocycles. The predicted octanol–water partition coefficient (Wildman–Crippen LogP) is 9.15. The van der Waals surface area contributed by atoms with Crippen molar-refractivity contribution in [2.24, 2.45) is 94.2 Å². The van der Waals surface area contributed by atoms with Crippen LogP contribution in [-0.2, 0) is 95.3 Å².